The van der Waals surface area contributed by atoms with E-state index in [-0.39, 0.29) is 30.6 Å². The van der Waals surface area contributed by atoms with Crippen LogP contribution in [-0.2, 0) is 27.2 Å². The molecule has 14 nitrogen and oxygen atoms in total. The molecule has 0 atom stereocenters. The summed E-state index contributed by atoms with van der Waals surface area (Å²) in [6, 6.07) is 29.3. The molecule has 0 spiro atoms. The number of carbonyl (C=O) groups is 3. The van der Waals surface area contributed by atoms with Crippen molar-refractivity contribution < 1.29 is 18.8 Å². The monoisotopic (exact) mass is 839 g/mol. The number of pyridine rings is 4. The van der Waals surface area contributed by atoms with Crippen LogP contribution in [0.1, 0.15) is 29.3 Å². The number of nitriles is 1. The Labute approximate surface area is 363 Å². The van der Waals surface area contributed by atoms with E-state index < -0.39 is 5.95 Å². The van der Waals surface area contributed by atoms with Gasteiger partial charge in [-0.2, -0.15) is 9.65 Å². The number of benzene rings is 2. The highest BCUT2D eigenvalue weighted by Gasteiger charge is 2.19. The molecule has 1 aliphatic rings. The minimum atomic E-state index is -0.525. The zero-order chi connectivity index (χ0) is 44.1. The largest absolute Gasteiger partial charge is 0.367 e. The summed E-state index contributed by atoms with van der Waals surface area (Å²) in [5, 5.41) is 15.2. The number of amides is 3. The number of aromatic nitrogens is 6. The van der Waals surface area contributed by atoms with Gasteiger partial charge < -0.3 is 20.4 Å². The number of hydrogen-bond donors (Lipinski definition) is 2. The third-order valence-electron chi connectivity index (χ3n) is 10.2. The van der Waals surface area contributed by atoms with E-state index in [9.17, 15) is 24.0 Å². The number of piperazine rings is 1. The lowest BCUT2D eigenvalue weighted by molar-refractivity contribution is -0.129. The highest BCUT2D eigenvalue weighted by atomic mass is 19.1. The first-order chi connectivity index (χ1) is 30.6. The van der Waals surface area contributed by atoms with Crippen LogP contribution in [0.4, 0.5) is 21.7 Å². The van der Waals surface area contributed by atoms with Gasteiger partial charge in [0.1, 0.15) is 11.6 Å². The molecule has 0 aliphatic carbocycles. The summed E-state index contributed by atoms with van der Waals surface area (Å²) in [6.45, 7) is 6.41. The van der Waals surface area contributed by atoms with Crippen molar-refractivity contribution >= 4 is 35.0 Å². The van der Waals surface area contributed by atoms with Gasteiger partial charge in [-0.3, -0.25) is 29.3 Å². The molecule has 314 valence electrons. The molecule has 2 N–H and O–H groups in total. The molecule has 15 heteroatoms. The van der Waals surface area contributed by atoms with Crippen LogP contribution in [0.3, 0.4) is 0 Å². The summed E-state index contributed by atoms with van der Waals surface area (Å²) in [5.41, 5.74) is 8.82. The number of halogens is 1. The summed E-state index contributed by atoms with van der Waals surface area (Å²) in [7, 11) is 0. The topological polar surface area (TPSA) is 183 Å². The highest BCUT2D eigenvalue weighted by molar-refractivity contribution is 5.92. The fraction of sp³-hybridized carbons (Fsp3) is 0.167. The zero-order valence-corrected chi connectivity index (χ0v) is 34.6. The van der Waals surface area contributed by atoms with Crippen molar-refractivity contribution in [3.8, 4) is 39.6 Å². The van der Waals surface area contributed by atoms with Gasteiger partial charge in [-0.05, 0) is 88.8 Å². The molecule has 1 saturated heterocycles. The Morgan fingerprint density at radius 2 is 1.32 bits per heavy atom. The molecule has 1 aliphatic heterocycles. The molecule has 0 saturated carbocycles. The number of carbonyl (C=O) groups excluding carboxylic acids is 3. The molecule has 7 aromatic rings. The van der Waals surface area contributed by atoms with Gasteiger partial charge in [-0.15, -0.1) is 0 Å². The van der Waals surface area contributed by atoms with Crippen LogP contribution in [-0.4, -0.2) is 78.7 Å². The molecule has 0 unspecified atom stereocenters. The summed E-state index contributed by atoms with van der Waals surface area (Å²) in [4.78, 5) is 65.0. The Kier molecular flexibility index (Phi) is 13.8. The maximum absolute atomic E-state index is 13.3. The van der Waals surface area contributed by atoms with Gasteiger partial charge in [-0.1, -0.05) is 36.4 Å². The molecule has 8 rings (SSSR count). The fourth-order valence-corrected chi connectivity index (χ4v) is 6.89. The van der Waals surface area contributed by atoms with E-state index in [2.05, 4.69) is 51.5 Å². The van der Waals surface area contributed by atoms with Crippen LogP contribution in [0.25, 0.3) is 33.5 Å². The first kappa shape index (κ1) is 42.9. The predicted octanol–water partition coefficient (Wildman–Crippen LogP) is 7.09. The van der Waals surface area contributed by atoms with Crippen molar-refractivity contribution in [1.29, 1.82) is 5.26 Å². The van der Waals surface area contributed by atoms with Crippen LogP contribution in [0.15, 0.2) is 134 Å². The third kappa shape index (κ3) is 11.7. The molecule has 63 heavy (non-hydrogen) atoms. The molecule has 6 heterocycles. The number of anilines is 3. The quantitative estimate of drug-likeness (QED) is 0.134. The second-order valence-corrected chi connectivity index (χ2v) is 14.6. The third-order valence-corrected chi connectivity index (χ3v) is 10.2. The van der Waals surface area contributed by atoms with E-state index in [1.54, 1.807) is 68.4 Å². The van der Waals surface area contributed by atoms with Crippen LogP contribution in [0.2, 0.25) is 0 Å². The van der Waals surface area contributed by atoms with E-state index in [1.807, 2.05) is 72.5 Å². The van der Waals surface area contributed by atoms with Crippen molar-refractivity contribution in [2.75, 3.05) is 41.7 Å². The second-order valence-electron chi connectivity index (χ2n) is 14.6. The lowest BCUT2D eigenvalue weighted by Crippen LogP contribution is -2.48. The van der Waals surface area contributed by atoms with Gasteiger partial charge in [0.2, 0.25) is 23.7 Å². The van der Waals surface area contributed by atoms with Gasteiger partial charge in [0.05, 0.1) is 48.2 Å². The van der Waals surface area contributed by atoms with Crippen molar-refractivity contribution in [3.63, 3.8) is 0 Å². The van der Waals surface area contributed by atoms with Crippen molar-refractivity contribution in [2.24, 2.45) is 0 Å². The van der Waals surface area contributed by atoms with Crippen LogP contribution < -0.4 is 15.5 Å². The molecule has 5 aromatic heterocycles. The standard InChI is InChI=1S/C24H24FN5O2.C24H18N6O/c1-17(31)29-10-12-30(13-11-29)21-6-7-23(27-16-21)28-24(32)14-18-2-4-19(5-3-18)20-8-9-26-22(25)15-20;1-16-10-18(6-7-27-16)21-4-2-17(11-20(21)13-25)12-24(31)30-23-5-3-19(14-29-23)22-15-26-8-9-28-22/h2-9,15-16H,10-14H2,1H3,(H,27,28,32);2-11,14-15H,12H2,1H3,(H,29,30,31). The Hall–Kier alpha value is -8.25. The first-order valence-corrected chi connectivity index (χ1v) is 20.1. The summed E-state index contributed by atoms with van der Waals surface area (Å²) in [6.07, 6.45) is 11.7. The molecular formula is C48H42FN11O3. The Morgan fingerprint density at radius 1 is 0.651 bits per heavy atom. The van der Waals surface area contributed by atoms with Gasteiger partial charge in [0.15, 0.2) is 0 Å². The minimum absolute atomic E-state index is 0.0988. The fourth-order valence-electron chi connectivity index (χ4n) is 6.89. The number of hydrogen-bond acceptors (Lipinski definition) is 11. The SMILES string of the molecule is CC(=O)N1CCN(c2ccc(NC(=O)Cc3ccc(-c4ccnc(F)c4)cc3)nc2)CC1.Cc1cc(-c2ccc(CC(=O)Nc3ccc(-c4cnccn4)cn3)cc2C#N)ccn1. The smallest absolute Gasteiger partial charge is 0.229 e. The summed E-state index contributed by atoms with van der Waals surface area (Å²) < 4.78 is 13.3. The average Bonchev–Trinajstić information content (AvgIpc) is 3.30. The summed E-state index contributed by atoms with van der Waals surface area (Å²) >= 11 is 0. The predicted molar refractivity (Wildman–Crippen MR) is 237 cm³/mol. The first-order valence-electron chi connectivity index (χ1n) is 20.1. The zero-order valence-electron chi connectivity index (χ0n) is 34.6. The van der Waals surface area contributed by atoms with E-state index >= 15 is 0 Å². The lowest BCUT2D eigenvalue weighted by atomic mass is 9.97. The van der Waals surface area contributed by atoms with Crippen molar-refractivity contribution in [1.82, 2.24) is 34.8 Å². The molecule has 1 fully saturated rings. The molecule has 0 radical (unpaired) electrons. The van der Waals surface area contributed by atoms with Crippen molar-refractivity contribution in [3.05, 3.63) is 163 Å². The lowest BCUT2D eigenvalue weighted by Gasteiger charge is -2.35. The number of nitrogens with one attached hydrogen (secondary N) is 2. The summed E-state index contributed by atoms with van der Waals surface area (Å²) in [5.74, 6) is 0.135. The van der Waals surface area contributed by atoms with Crippen LogP contribution in [0, 0.1) is 24.2 Å². The van der Waals surface area contributed by atoms with E-state index in [4.69, 9.17) is 0 Å². The Morgan fingerprint density at radius 3 is 1.94 bits per heavy atom. The van der Waals surface area contributed by atoms with E-state index in [1.165, 1.54) is 12.3 Å². The molecule has 2 aromatic carbocycles. The maximum atomic E-state index is 13.3. The van der Waals surface area contributed by atoms with Crippen LogP contribution >= 0.6 is 0 Å². The number of aryl methyl sites for hydroxylation is 1. The van der Waals surface area contributed by atoms with Gasteiger partial charge in [0, 0.05) is 81.4 Å². The highest BCUT2D eigenvalue weighted by Crippen LogP contribution is 2.26. The second kappa shape index (κ2) is 20.3. The van der Waals surface area contributed by atoms with Crippen LogP contribution in [0.5, 0.6) is 0 Å². The van der Waals surface area contributed by atoms with Gasteiger partial charge >= 0.3 is 0 Å². The molecular weight excluding hydrogens is 798 g/mol. The Balaban J connectivity index is 0.000000189. The van der Waals surface area contributed by atoms with E-state index in [0.717, 1.165) is 63.4 Å². The van der Waals surface area contributed by atoms with Gasteiger partial charge in [0.25, 0.3) is 0 Å². The van der Waals surface area contributed by atoms with Crippen molar-refractivity contribution in [2.45, 2.75) is 26.7 Å². The van der Waals surface area contributed by atoms with E-state index in [0.29, 0.717) is 36.0 Å². The molecule has 0 bridgehead atoms. The normalized spacial score (nSPS) is 12.0. The maximum Gasteiger partial charge on any atom is 0.229 e. The number of nitrogens with zero attached hydrogens (tertiary/aromatic N) is 9. The molecule has 3 amide bonds. The van der Waals surface area contributed by atoms with Gasteiger partial charge in [-0.25, -0.2) is 15.0 Å². The number of rotatable bonds is 10. The minimum Gasteiger partial charge on any atom is -0.367 e. The Bertz CT molecular complexity index is 2740. The average molecular weight is 840 g/mol.